The summed E-state index contributed by atoms with van der Waals surface area (Å²) in [4.78, 5) is 0. The minimum absolute atomic E-state index is 0.653. The lowest BCUT2D eigenvalue weighted by molar-refractivity contribution is -0.137. The number of hydrogen-bond acceptors (Lipinski definition) is 1. The molecule has 3 aromatic carbocycles. The molecule has 130 valence electrons. The summed E-state index contributed by atoms with van der Waals surface area (Å²) in [6.45, 7) is 2.01. The van der Waals surface area contributed by atoms with Gasteiger partial charge in [0, 0.05) is 10.9 Å². The Morgan fingerprint density at radius 2 is 1.46 bits per heavy atom. The molecule has 2 nitrogen and oxygen atoms in total. The predicted octanol–water partition coefficient (Wildman–Crippen LogP) is 6.02. The smallest absolute Gasteiger partial charge is 0.232 e. The van der Waals surface area contributed by atoms with Crippen LogP contribution in [0.2, 0.25) is 0 Å². The molecular formula is C21H15F3N2. The molecule has 1 heterocycles. The molecule has 1 aromatic heterocycles. The highest BCUT2D eigenvalue weighted by Gasteiger charge is 2.30. The van der Waals surface area contributed by atoms with Crippen molar-refractivity contribution in [1.29, 1.82) is 0 Å². The van der Waals surface area contributed by atoms with E-state index in [2.05, 4.69) is 5.10 Å². The molecule has 0 aliphatic heterocycles. The van der Waals surface area contributed by atoms with Crippen molar-refractivity contribution in [2.75, 3.05) is 0 Å². The third kappa shape index (κ3) is 2.86. The maximum Gasteiger partial charge on any atom is 0.416 e. The first-order valence-corrected chi connectivity index (χ1v) is 8.16. The standard InChI is InChI=1S/C21H15F3N2/c1-14-6-12-17(13-7-14)26-19-5-3-2-4-18(19)20(25-26)15-8-10-16(11-9-15)21(22,23)24/h2-13H,1H3. The van der Waals surface area contributed by atoms with Crippen LogP contribution in [0.5, 0.6) is 0 Å². The van der Waals surface area contributed by atoms with Crippen molar-refractivity contribution in [3.63, 3.8) is 0 Å². The summed E-state index contributed by atoms with van der Waals surface area (Å²) >= 11 is 0. The van der Waals surface area contributed by atoms with Gasteiger partial charge in [-0.2, -0.15) is 18.3 Å². The number of benzene rings is 3. The van der Waals surface area contributed by atoms with E-state index in [4.69, 9.17) is 0 Å². The first-order valence-electron chi connectivity index (χ1n) is 8.16. The minimum atomic E-state index is -4.35. The van der Waals surface area contributed by atoms with E-state index in [1.54, 1.807) is 0 Å². The average Bonchev–Trinajstić information content (AvgIpc) is 3.01. The monoisotopic (exact) mass is 352 g/mol. The van der Waals surface area contributed by atoms with Gasteiger partial charge in [0.15, 0.2) is 0 Å². The largest absolute Gasteiger partial charge is 0.416 e. The Kier molecular flexibility index (Phi) is 3.80. The van der Waals surface area contributed by atoms with E-state index in [9.17, 15) is 13.2 Å². The molecule has 0 spiro atoms. The molecule has 0 fully saturated rings. The summed E-state index contributed by atoms with van der Waals surface area (Å²) in [7, 11) is 0. The Balaban J connectivity index is 1.87. The summed E-state index contributed by atoms with van der Waals surface area (Å²) < 4.78 is 40.3. The van der Waals surface area contributed by atoms with Gasteiger partial charge in [-0.3, -0.25) is 0 Å². The molecule has 4 aromatic rings. The van der Waals surface area contributed by atoms with Gasteiger partial charge in [0.25, 0.3) is 0 Å². The zero-order valence-corrected chi connectivity index (χ0v) is 14.0. The number of nitrogens with zero attached hydrogens (tertiary/aromatic N) is 2. The quantitative estimate of drug-likeness (QED) is 0.431. The van der Waals surface area contributed by atoms with Gasteiger partial charge in [-0.05, 0) is 37.3 Å². The van der Waals surface area contributed by atoms with Crippen LogP contribution in [-0.4, -0.2) is 9.78 Å². The van der Waals surface area contributed by atoms with Gasteiger partial charge in [-0.25, -0.2) is 4.68 Å². The molecule has 0 bridgehead atoms. The van der Waals surface area contributed by atoms with Crippen molar-refractivity contribution in [3.05, 3.63) is 83.9 Å². The lowest BCUT2D eigenvalue weighted by atomic mass is 10.1. The third-order valence-electron chi connectivity index (χ3n) is 4.35. The van der Waals surface area contributed by atoms with E-state index in [1.165, 1.54) is 12.1 Å². The van der Waals surface area contributed by atoms with Crippen molar-refractivity contribution in [3.8, 4) is 16.9 Å². The lowest BCUT2D eigenvalue weighted by Gasteiger charge is -2.06. The number of aromatic nitrogens is 2. The Labute approximate surface area is 148 Å². The van der Waals surface area contributed by atoms with Crippen LogP contribution in [0.1, 0.15) is 11.1 Å². The number of halogens is 3. The van der Waals surface area contributed by atoms with Gasteiger partial charge in [0.2, 0.25) is 0 Å². The molecule has 0 aliphatic carbocycles. The van der Waals surface area contributed by atoms with Gasteiger partial charge < -0.3 is 0 Å². The number of hydrogen-bond donors (Lipinski definition) is 0. The highest BCUT2D eigenvalue weighted by atomic mass is 19.4. The Morgan fingerprint density at radius 3 is 2.12 bits per heavy atom. The van der Waals surface area contributed by atoms with Crippen molar-refractivity contribution in [2.45, 2.75) is 13.1 Å². The summed E-state index contributed by atoms with van der Waals surface area (Å²) in [5, 5.41) is 5.58. The molecule has 0 saturated heterocycles. The Morgan fingerprint density at radius 1 is 0.808 bits per heavy atom. The highest BCUT2D eigenvalue weighted by Crippen LogP contribution is 2.33. The van der Waals surface area contributed by atoms with Crippen LogP contribution in [0, 0.1) is 6.92 Å². The molecule has 0 saturated carbocycles. The van der Waals surface area contributed by atoms with Crippen LogP contribution in [-0.2, 0) is 6.18 Å². The number of para-hydroxylation sites is 1. The van der Waals surface area contributed by atoms with Crippen LogP contribution in [0.25, 0.3) is 27.8 Å². The molecule has 4 rings (SSSR count). The molecule has 0 radical (unpaired) electrons. The number of rotatable bonds is 2. The molecular weight excluding hydrogens is 337 g/mol. The average molecular weight is 352 g/mol. The maximum atomic E-state index is 12.8. The van der Waals surface area contributed by atoms with Gasteiger partial charge in [-0.15, -0.1) is 0 Å². The highest BCUT2D eigenvalue weighted by molar-refractivity contribution is 5.94. The fraction of sp³-hybridized carbons (Fsp3) is 0.0952. The van der Waals surface area contributed by atoms with Gasteiger partial charge in [0.05, 0.1) is 16.8 Å². The number of alkyl halides is 3. The fourth-order valence-corrected chi connectivity index (χ4v) is 2.98. The number of fused-ring (bicyclic) bond motifs is 1. The van der Waals surface area contributed by atoms with Crippen LogP contribution in [0.4, 0.5) is 13.2 Å². The lowest BCUT2D eigenvalue weighted by Crippen LogP contribution is -2.04. The van der Waals surface area contributed by atoms with Crippen molar-refractivity contribution in [1.82, 2.24) is 9.78 Å². The molecule has 0 amide bonds. The normalized spacial score (nSPS) is 11.8. The third-order valence-corrected chi connectivity index (χ3v) is 4.35. The molecule has 5 heteroatoms. The second kappa shape index (κ2) is 6.02. The fourth-order valence-electron chi connectivity index (χ4n) is 2.98. The molecule has 26 heavy (non-hydrogen) atoms. The zero-order chi connectivity index (χ0) is 18.3. The van der Waals surface area contributed by atoms with E-state index >= 15 is 0 Å². The molecule has 0 N–H and O–H groups in total. The summed E-state index contributed by atoms with van der Waals surface area (Å²) in [6.07, 6.45) is -4.35. The Hall–Kier alpha value is -3.08. The topological polar surface area (TPSA) is 17.8 Å². The van der Waals surface area contributed by atoms with Crippen molar-refractivity contribution >= 4 is 10.9 Å². The minimum Gasteiger partial charge on any atom is -0.232 e. The molecule has 0 unspecified atom stereocenters. The SMILES string of the molecule is Cc1ccc(-n2nc(-c3ccc(C(F)(F)F)cc3)c3ccccc32)cc1. The first-order chi connectivity index (χ1) is 12.4. The van der Waals surface area contributed by atoms with Gasteiger partial charge in [0.1, 0.15) is 5.69 Å². The number of aryl methyl sites for hydroxylation is 1. The van der Waals surface area contributed by atoms with Gasteiger partial charge in [-0.1, -0.05) is 48.0 Å². The van der Waals surface area contributed by atoms with Crippen LogP contribution >= 0.6 is 0 Å². The first kappa shape index (κ1) is 16.4. The van der Waals surface area contributed by atoms with E-state index in [-0.39, 0.29) is 0 Å². The molecule has 0 atom stereocenters. The van der Waals surface area contributed by atoms with Crippen molar-refractivity contribution in [2.24, 2.45) is 0 Å². The van der Waals surface area contributed by atoms with E-state index in [1.807, 2.05) is 60.1 Å². The van der Waals surface area contributed by atoms with Crippen LogP contribution < -0.4 is 0 Å². The van der Waals surface area contributed by atoms with E-state index < -0.39 is 11.7 Å². The maximum absolute atomic E-state index is 12.8. The Bertz CT molecular complexity index is 1060. The second-order valence-corrected chi connectivity index (χ2v) is 6.19. The summed E-state index contributed by atoms with van der Waals surface area (Å²) in [5.74, 6) is 0. The van der Waals surface area contributed by atoms with Crippen LogP contribution in [0.15, 0.2) is 72.8 Å². The van der Waals surface area contributed by atoms with E-state index in [0.29, 0.717) is 11.3 Å². The van der Waals surface area contributed by atoms with Gasteiger partial charge >= 0.3 is 6.18 Å². The van der Waals surface area contributed by atoms with E-state index in [0.717, 1.165) is 34.3 Å². The van der Waals surface area contributed by atoms with Crippen LogP contribution in [0.3, 0.4) is 0 Å². The predicted molar refractivity (Wildman–Crippen MR) is 96.2 cm³/mol. The summed E-state index contributed by atoms with van der Waals surface area (Å²) in [6, 6.07) is 20.8. The summed E-state index contributed by atoms with van der Waals surface area (Å²) in [5.41, 5.74) is 3.61. The van der Waals surface area contributed by atoms with Crippen molar-refractivity contribution < 1.29 is 13.2 Å². The second-order valence-electron chi connectivity index (χ2n) is 6.19. The molecule has 0 aliphatic rings. The zero-order valence-electron chi connectivity index (χ0n) is 14.0.